The van der Waals surface area contributed by atoms with Gasteiger partial charge in [0.1, 0.15) is 6.04 Å². The van der Waals surface area contributed by atoms with Crippen molar-refractivity contribution in [3.05, 3.63) is 70.6 Å². The monoisotopic (exact) mass is 475 g/mol. The number of amides is 2. The second kappa shape index (κ2) is 12.4. The molecule has 0 heterocycles. The van der Waals surface area contributed by atoms with Gasteiger partial charge in [0.2, 0.25) is 21.8 Å². The number of anilines is 1. The molecule has 0 saturated heterocycles. The summed E-state index contributed by atoms with van der Waals surface area (Å²) in [5.74, 6) is -0.351. The standard InChI is InChI=1S/C23H29N3O4S2/c1-17-8-7-9-18(2)22(17)25-21(27)16-24-23(28)20(12-14-31-3)26-32(29,30)15-13-19-10-5-4-6-11-19/h4-11,13,15,20,26H,12,14,16H2,1-3H3,(H,24,28)(H,25,27)/b15-13-/t20-/m0/s1. The van der Waals surface area contributed by atoms with E-state index in [1.54, 1.807) is 24.3 Å². The number of hydrogen-bond donors (Lipinski definition) is 3. The average Bonchev–Trinajstić information content (AvgIpc) is 2.77. The number of nitrogens with one attached hydrogen (secondary N) is 3. The number of thioether (sulfide) groups is 1. The largest absolute Gasteiger partial charge is 0.346 e. The predicted octanol–water partition coefficient (Wildman–Crippen LogP) is 3.07. The van der Waals surface area contributed by atoms with E-state index in [-0.39, 0.29) is 12.5 Å². The number of hydrogen-bond acceptors (Lipinski definition) is 5. The zero-order valence-electron chi connectivity index (χ0n) is 18.4. The molecule has 0 radical (unpaired) electrons. The maximum absolute atomic E-state index is 12.6. The first-order chi connectivity index (χ1) is 15.2. The highest BCUT2D eigenvalue weighted by atomic mass is 32.2. The van der Waals surface area contributed by atoms with Crippen molar-refractivity contribution >= 4 is 45.4 Å². The summed E-state index contributed by atoms with van der Waals surface area (Å²) in [4.78, 5) is 25.0. The third-order valence-corrected chi connectivity index (χ3v) is 6.39. The summed E-state index contributed by atoms with van der Waals surface area (Å²) in [5, 5.41) is 6.37. The third kappa shape index (κ3) is 8.49. The van der Waals surface area contributed by atoms with Crippen LogP contribution in [-0.2, 0) is 19.6 Å². The van der Waals surface area contributed by atoms with E-state index in [0.29, 0.717) is 17.9 Å². The van der Waals surface area contributed by atoms with Crippen LogP contribution in [-0.4, -0.2) is 44.8 Å². The molecule has 32 heavy (non-hydrogen) atoms. The van der Waals surface area contributed by atoms with Crippen molar-refractivity contribution in [1.82, 2.24) is 10.0 Å². The van der Waals surface area contributed by atoms with E-state index >= 15 is 0 Å². The fraction of sp³-hybridized carbons (Fsp3) is 0.304. The molecule has 0 unspecified atom stereocenters. The van der Waals surface area contributed by atoms with Crippen LogP contribution in [0.5, 0.6) is 0 Å². The number of aryl methyl sites for hydroxylation is 2. The molecule has 0 spiro atoms. The first-order valence-corrected chi connectivity index (χ1v) is 13.0. The molecule has 2 aromatic carbocycles. The van der Waals surface area contributed by atoms with E-state index in [2.05, 4.69) is 15.4 Å². The van der Waals surface area contributed by atoms with Gasteiger partial charge < -0.3 is 10.6 Å². The van der Waals surface area contributed by atoms with E-state index in [0.717, 1.165) is 22.1 Å². The van der Waals surface area contributed by atoms with Crippen LogP contribution in [0.4, 0.5) is 5.69 Å². The number of benzene rings is 2. The molecule has 2 aromatic rings. The van der Waals surface area contributed by atoms with Crippen LogP contribution in [0, 0.1) is 13.8 Å². The van der Waals surface area contributed by atoms with Crippen LogP contribution >= 0.6 is 11.8 Å². The number of rotatable bonds is 11. The summed E-state index contributed by atoms with van der Waals surface area (Å²) in [5.41, 5.74) is 3.27. The Labute approximate surface area is 194 Å². The molecule has 0 aliphatic carbocycles. The Morgan fingerprint density at radius 2 is 1.69 bits per heavy atom. The van der Waals surface area contributed by atoms with Crippen LogP contribution in [0.25, 0.3) is 6.08 Å². The van der Waals surface area contributed by atoms with E-state index in [4.69, 9.17) is 0 Å². The lowest BCUT2D eigenvalue weighted by Crippen LogP contribution is -2.48. The quantitative estimate of drug-likeness (QED) is 0.463. The highest BCUT2D eigenvalue weighted by Crippen LogP contribution is 2.19. The molecule has 2 rings (SSSR count). The molecule has 172 valence electrons. The summed E-state index contributed by atoms with van der Waals surface area (Å²) < 4.78 is 27.4. The molecule has 0 saturated carbocycles. The highest BCUT2D eigenvalue weighted by molar-refractivity contribution is 7.98. The number of para-hydroxylation sites is 1. The minimum absolute atomic E-state index is 0.260. The van der Waals surface area contributed by atoms with Gasteiger partial charge in [0.25, 0.3) is 0 Å². The fourth-order valence-corrected chi connectivity index (χ4v) is 4.44. The Hall–Kier alpha value is -2.62. The summed E-state index contributed by atoms with van der Waals surface area (Å²) >= 11 is 1.50. The van der Waals surface area contributed by atoms with Crippen molar-refractivity contribution in [3.63, 3.8) is 0 Å². The number of carbonyl (C=O) groups excluding carboxylic acids is 2. The van der Waals surface area contributed by atoms with Crippen molar-refractivity contribution in [2.75, 3.05) is 23.9 Å². The first-order valence-electron chi connectivity index (χ1n) is 10.1. The molecule has 0 fully saturated rings. The smallest absolute Gasteiger partial charge is 0.243 e. The van der Waals surface area contributed by atoms with Crippen LogP contribution in [0.3, 0.4) is 0 Å². The fourth-order valence-electron chi connectivity index (χ4n) is 2.93. The second-order valence-electron chi connectivity index (χ2n) is 7.24. The van der Waals surface area contributed by atoms with Gasteiger partial charge in [-0.2, -0.15) is 16.5 Å². The molecule has 0 aromatic heterocycles. The molecule has 2 amide bonds. The number of sulfonamides is 1. The Balaban J connectivity index is 1.99. The topological polar surface area (TPSA) is 104 Å². The summed E-state index contributed by atoms with van der Waals surface area (Å²) in [7, 11) is -3.85. The zero-order chi connectivity index (χ0) is 23.6. The van der Waals surface area contributed by atoms with E-state index in [9.17, 15) is 18.0 Å². The first kappa shape index (κ1) is 25.6. The van der Waals surface area contributed by atoms with Gasteiger partial charge in [0.05, 0.1) is 6.54 Å². The van der Waals surface area contributed by atoms with Gasteiger partial charge >= 0.3 is 0 Å². The van der Waals surface area contributed by atoms with Crippen molar-refractivity contribution in [2.45, 2.75) is 26.3 Å². The Morgan fingerprint density at radius 3 is 2.31 bits per heavy atom. The van der Waals surface area contributed by atoms with Gasteiger partial charge in [-0.15, -0.1) is 0 Å². The molecule has 3 N–H and O–H groups in total. The number of carbonyl (C=O) groups is 2. The maximum Gasteiger partial charge on any atom is 0.243 e. The van der Waals surface area contributed by atoms with Crippen LogP contribution in [0.2, 0.25) is 0 Å². The average molecular weight is 476 g/mol. The van der Waals surface area contributed by atoms with Gasteiger partial charge in [-0.1, -0.05) is 48.5 Å². The van der Waals surface area contributed by atoms with Crippen molar-refractivity contribution in [1.29, 1.82) is 0 Å². The molecule has 0 aliphatic rings. The second-order valence-corrected chi connectivity index (χ2v) is 9.83. The lowest BCUT2D eigenvalue weighted by molar-refractivity contribution is -0.125. The molecule has 9 heteroatoms. The van der Waals surface area contributed by atoms with Crippen molar-refractivity contribution in [3.8, 4) is 0 Å². The molecular weight excluding hydrogens is 446 g/mol. The van der Waals surface area contributed by atoms with Crippen LogP contribution in [0.1, 0.15) is 23.1 Å². The van der Waals surface area contributed by atoms with Crippen molar-refractivity contribution < 1.29 is 18.0 Å². The molecule has 0 aliphatic heterocycles. The molecular formula is C23H29N3O4S2. The Kier molecular flexibility index (Phi) is 9.96. The maximum atomic E-state index is 12.6. The molecule has 0 bridgehead atoms. The third-order valence-electron chi connectivity index (χ3n) is 4.64. The van der Waals surface area contributed by atoms with Gasteiger partial charge in [-0.05, 0) is 55.0 Å². The highest BCUT2D eigenvalue weighted by Gasteiger charge is 2.23. The minimum Gasteiger partial charge on any atom is -0.346 e. The zero-order valence-corrected chi connectivity index (χ0v) is 20.1. The normalized spacial score (nSPS) is 12.5. The SMILES string of the molecule is CSCC[C@H](NS(=O)(=O)/C=C\c1ccccc1)C(=O)NCC(=O)Nc1c(C)cccc1C. The summed E-state index contributed by atoms with van der Waals surface area (Å²) in [6.45, 7) is 3.51. The van der Waals surface area contributed by atoms with E-state index in [1.807, 2.05) is 44.4 Å². The van der Waals surface area contributed by atoms with Crippen molar-refractivity contribution in [2.24, 2.45) is 0 Å². The Bertz CT molecular complexity index is 1030. The molecule has 7 nitrogen and oxygen atoms in total. The van der Waals surface area contributed by atoms with Gasteiger partial charge in [0.15, 0.2) is 0 Å². The lowest BCUT2D eigenvalue weighted by Gasteiger charge is -2.17. The van der Waals surface area contributed by atoms with Crippen LogP contribution < -0.4 is 15.4 Å². The summed E-state index contributed by atoms with van der Waals surface area (Å²) in [6, 6.07) is 13.7. The van der Waals surface area contributed by atoms with E-state index < -0.39 is 22.0 Å². The predicted molar refractivity (Wildman–Crippen MR) is 132 cm³/mol. The van der Waals surface area contributed by atoms with E-state index in [1.165, 1.54) is 17.8 Å². The summed E-state index contributed by atoms with van der Waals surface area (Å²) in [6.07, 6.45) is 3.63. The lowest BCUT2D eigenvalue weighted by atomic mass is 10.1. The minimum atomic E-state index is -3.85. The van der Waals surface area contributed by atoms with Gasteiger partial charge in [0, 0.05) is 11.1 Å². The van der Waals surface area contributed by atoms with Gasteiger partial charge in [-0.3, -0.25) is 9.59 Å². The van der Waals surface area contributed by atoms with Gasteiger partial charge in [-0.25, -0.2) is 8.42 Å². The Morgan fingerprint density at radius 1 is 1.03 bits per heavy atom. The molecule has 1 atom stereocenters. The van der Waals surface area contributed by atoms with Crippen LogP contribution in [0.15, 0.2) is 53.9 Å².